The molecule has 1 fully saturated rings. The summed E-state index contributed by atoms with van der Waals surface area (Å²) in [6.07, 6.45) is 5.73. The summed E-state index contributed by atoms with van der Waals surface area (Å²) >= 11 is 0. The Kier molecular flexibility index (Phi) is 4.52. The van der Waals surface area contributed by atoms with E-state index in [-0.39, 0.29) is 11.2 Å². The summed E-state index contributed by atoms with van der Waals surface area (Å²) < 4.78 is 14.3. The van der Waals surface area contributed by atoms with Crippen LogP contribution >= 0.6 is 0 Å². The van der Waals surface area contributed by atoms with Crippen LogP contribution in [-0.4, -0.2) is 32.7 Å². The van der Waals surface area contributed by atoms with Crippen molar-refractivity contribution in [3.05, 3.63) is 66.4 Å². The number of hydrogen-bond donors (Lipinski definition) is 0. The molecule has 1 aliphatic rings. The summed E-state index contributed by atoms with van der Waals surface area (Å²) in [5.74, 6) is 0. The number of pyridine rings is 2. The molecule has 1 saturated heterocycles. The van der Waals surface area contributed by atoms with Crippen molar-refractivity contribution in [2.75, 3.05) is 0 Å². The molecule has 5 nitrogen and oxygen atoms in total. The second-order valence-corrected chi connectivity index (χ2v) is 8.52. The topological polar surface area (TPSA) is 48.7 Å². The van der Waals surface area contributed by atoms with E-state index in [1.807, 2.05) is 75.6 Å². The molecule has 0 bridgehead atoms. The third-order valence-electron chi connectivity index (χ3n) is 5.87. The zero-order chi connectivity index (χ0) is 21.0. The number of allylic oxidation sites excluding steroid dienone is 3. The molecule has 0 radical (unpaired) electrons. The van der Waals surface area contributed by atoms with Crippen LogP contribution in [0.1, 0.15) is 45.9 Å². The molecule has 29 heavy (non-hydrogen) atoms. The summed E-state index contributed by atoms with van der Waals surface area (Å²) in [6.45, 7) is 18.4. The first-order chi connectivity index (χ1) is 13.6. The van der Waals surface area contributed by atoms with Crippen LogP contribution in [-0.2, 0) is 9.31 Å². The quantitative estimate of drug-likeness (QED) is 0.461. The molecule has 3 aromatic heterocycles. The first kappa shape index (κ1) is 19.6. The van der Waals surface area contributed by atoms with Crippen molar-refractivity contribution >= 4 is 35.6 Å². The third-order valence-corrected chi connectivity index (χ3v) is 5.87. The van der Waals surface area contributed by atoms with E-state index in [2.05, 4.69) is 18.1 Å². The van der Waals surface area contributed by atoms with Crippen LogP contribution in [0.5, 0.6) is 0 Å². The summed E-state index contributed by atoms with van der Waals surface area (Å²) in [5, 5.41) is 0. The van der Waals surface area contributed by atoms with Gasteiger partial charge in [-0.05, 0) is 63.9 Å². The van der Waals surface area contributed by atoms with Gasteiger partial charge in [-0.3, -0.25) is 4.40 Å². The lowest BCUT2D eigenvalue weighted by atomic mass is 9.78. The summed E-state index contributed by atoms with van der Waals surface area (Å²) in [5.41, 5.74) is 5.11. The Morgan fingerprint density at radius 3 is 2.48 bits per heavy atom. The number of imidazole rings is 1. The van der Waals surface area contributed by atoms with Crippen molar-refractivity contribution in [2.24, 2.45) is 0 Å². The van der Waals surface area contributed by atoms with Gasteiger partial charge in [-0.1, -0.05) is 31.4 Å². The van der Waals surface area contributed by atoms with Gasteiger partial charge in [-0.15, -0.1) is 0 Å². The van der Waals surface area contributed by atoms with Crippen LogP contribution < -0.4 is 0 Å². The van der Waals surface area contributed by atoms with Gasteiger partial charge in [0.15, 0.2) is 5.65 Å². The second-order valence-electron chi connectivity index (χ2n) is 8.52. The summed E-state index contributed by atoms with van der Waals surface area (Å²) in [6, 6.07) is 7.90. The number of aromatic nitrogens is 3. The van der Waals surface area contributed by atoms with Crippen molar-refractivity contribution in [3.63, 3.8) is 0 Å². The lowest BCUT2D eigenvalue weighted by molar-refractivity contribution is 0.00578. The van der Waals surface area contributed by atoms with Gasteiger partial charge in [-0.25, -0.2) is 9.97 Å². The highest BCUT2D eigenvalue weighted by Gasteiger charge is 2.51. The van der Waals surface area contributed by atoms with E-state index in [4.69, 9.17) is 14.3 Å². The average molecular weight is 387 g/mol. The van der Waals surface area contributed by atoms with E-state index >= 15 is 0 Å². The van der Waals surface area contributed by atoms with Crippen LogP contribution in [0.2, 0.25) is 0 Å². The van der Waals surface area contributed by atoms with Gasteiger partial charge in [0.25, 0.3) is 0 Å². The molecule has 0 spiro atoms. The molecule has 4 heterocycles. The van der Waals surface area contributed by atoms with Crippen LogP contribution in [0.15, 0.2) is 55.2 Å². The molecule has 1 aliphatic heterocycles. The number of rotatable bonds is 4. The molecule has 4 rings (SSSR count). The van der Waals surface area contributed by atoms with Crippen molar-refractivity contribution in [1.29, 1.82) is 0 Å². The fourth-order valence-corrected chi connectivity index (χ4v) is 3.45. The normalized spacial score (nSPS) is 18.5. The van der Waals surface area contributed by atoms with Gasteiger partial charge in [0.2, 0.25) is 0 Å². The van der Waals surface area contributed by atoms with E-state index in [1.165, 1.54) is 0 Å². The maximum Gasteiger partial charge on any atom is 0.490 e. The van der Waals surface area contributed by atoms with E-state index < -0.39 is 7.12 Å². The Hall–Kier alpha value is -2.70. The van der Waals surface area contributed by atoms with Crippen LogP contribution in [0, 0.1) is 0 Å². The Morgan fingerprint density at radius 2 is 1.83 bits per heavy atom. The van der Waals surface area contributed by atoms with Crippen molar-refractivity contribution < 1.29 is 9.31 Å². The average Bonchev–Trinajstić information content (AvgIpc) is 3.13. The van der Waals surface area contributed by atoms with Crippen molar-refractivity contribution in [3.8, 4) is 0 Å². The van der Waals surface area contributed by atoms with Crippen LogP contribution in [0.3, 0.4) is 0 Å². The molecule has 148 valence electrons. The molecular weight excluding hydrogens is 361 g/mol. The fourth-order valence-electron chi connectivity index (χ4n) is 3.45. The molecule has 0 amide bonds. The van der Waals surface area contributed by atoms with Gasteiger partial charge in [0.05, 0.1) is 16.9 Å². The lowest BCUT2D eigenvalue weighted by Gasteiger charge is -2.32. The predicted molar refractivity (Wildman–Crippen MR) is 119 cm³/mol. The van der Waals surface area contributed by atoms with Crippen molar-refractivity contribution in [2.45, 2.75) is 45.8 Å². The van der Waals surface area contributed by atoms with Crippen LogP contribution in [0.4, 0.5) is 0 Å². The summed E-state index contributed by atoms with van der Waals surface area (Å²) in [7, 11) is -0.413. The standard InChI is InChI=1S/C23H26BN3O2/c1-8-17-14-18-21(27-12-10-9-11-19(27)25-18)26-20(17)15(2)13-16(3)24-28-22(4,5)23(6,7)29-24/h8-14H,1-2H2,3-7H3/b16-13+. The maximum atomic E-state index is 6.15. The molecule has 0 unspecified atom stereocenters. The molecule has 0 atom stereocenters. The third kappa shape index (κ3) is 3.22. The highest BCUT2D eigenvalue weighted by atomic mass is 16.7. The first-order valence-electron chi connectivity index (χ1n) is 9.76. The fraction of sp³-hybridized carbons (Fsp3) is 0.304. The van der Waals surface area contributed by atoms with Gasteiger partial charge >= 0.3 is 7.12 Å². The lowest BCUT2D eigenvalue weighted by Crippen LogP contribution is -2.41. The second kappa shape index (κ2) is 6.68. The van der Waals surface area contributed by atoms with Crippen molar-refractivity contribution in [1.82, 2.24) is 14.4 Å². The Labute approximate surface area is 171 Å². The molecule has 0 aliphatic carbocycles. The minimum Gasteiger partial charge on any atom is -0.400 e. The Morgan fingerprint density at radius 1 is 1.14 bits per heavy atom. The highest BCUT2D eigenvalue weighted by Crippen LogP contribution is 2.39. The zero-order valence-corrected chi connectivity index (χ0v) is 17.7. The van der Waals surface area contributed by atoms with E-state index in [1.54, 1.807) is 6.08 Å². The number of nitrogens with zero attached hydrogens (tertiary/aromatic N) is 3. The Balaban J connectivity index is 1.74. The highest BCUT2D eigenvalue weighted by molar-refractivity contribution is 6.54. The maximum absolute atomic E-state index is 6.15. The van der Waals surface area contributed by atoms with Crippen LogP contribution in [0.25, 0.3) is 28.5 Å². The SMILES string of the molecule is C=Cc1cc2nc3ccccn3c2nc1C(=C)/C=C(\C)B1OC(C)(C)C(C)(C)O1. The first-order valence-corrected chi connectivity index (χ1v) is 9.76. The number of fused-ring (bicyclic) bond motifs is 3. The monoisotopic (exact) mass is 387 g/mol. The van der Waals surface area contributed by atoms with Gasteiger partial charge in [-0.2, -0.15) is 0 Å². The van der Waals surface area contributed by atoms with E-state index in [0.29, 0.717) is 0 Å². The summed E-state index contributed by atoms with van der Waals surface area (Å²) in [4.78, 5) is 9.52. The van der Waals surface area contributed by atoms with E-state index in [9.17, 15) is 0 Å². The Bertz CT molecular complexity index is 1160. The largest absolute Gasteiger partial charge is 0.490 e. The molecule has 0 aromatic carbocycles. The molecule has 6 heteroatoms. The zero-order valence-electron chi connectivity index (χ0n) is 17.7. The molecular formula is C23H26BN3O2. The minimum atomic E-state index is -0.413. The predicted octanol–water partition coefficient (Wildman–Crippen LogP) is 5.12. The smallest absolute Gasteiger partial charge is 0.400 e. The van der Waals surface area contributed by atoms with Gasteiger partial charge in [0, 0.05) is 11.8 Å². The van der Waals surface area contributed by atoms with Gasteiger partial charge in [0.1, 0.15) is 11.2 Å². The number of hydrogen-bond acceptors (Lipinski definition) is 4. The van der Waals surface area contributed by atoms with Gasteiger partial charge < -0.3 is 9.31 Å². The molecule has 0 N–H and O–H groups in total. The molecule has 0 saturated carbocycles. The van der Waals surface area contributed by atoms with E-state index in [0.717, 1.165) is 39.1 Å². The minimum absolute atomic E-state index is 0.381. The molecule has 3 aromatic rings.